The molecule has 0 atom stereocenters. The number of amides is 1. The molecule has 36 heavy (non-hydrogen) atoms. The Bertz CT molecular complexity index is 1370. The highest BCUT2D eigenvalue weighted by atomic mass is 16.2. The summed E-state index contributed by atoms with van der Waals surface area (Å²) in [7, 11) is 2.00. The maximum atomic E-state index is 13.8. The van der Waals surface area contributed by atoms with Crippen molar-refractivity contribution >= 4 is 12.0 Å². The van der Waals surface area contributed by atoms with Crippen molar-refractivity contribution in [3.63, 3.8) is 0 Å². The highest BCUT2D eigenvalue weighted by Crippen LogP contribution is 2.25. The highest BCUT2D eigenvalue weighted by molar-refractivity contribution is 5.94. The fraction of sp³-hybridized carbons (Fsp3) is 0.267. The van der Waals surface area contributed by atoms with Gasteiger partial charge in [0, 0.05) is 46.0 Å². The number of carbonyl (C=O) groups excluding carboxylic acids is 1. The predicted octanol–water partition coefficient (Wildman–Crippen LogP) is 4.97. The van der Waals surface area contributed by atoms with Crippen LogP contribution in [-0.4, -0.2) is 62.8 Å². The van der Waals surface area contributed by atoms with Crippen LogP contribution in [0.25, 0.3) is 23.2 Å². The minimum absolute atomic E-state index is 0.0300. The highest BCUT2D eigenvalue weighted by Gasteiger charge is 2.26. The molecule has 0 unspecified atom stereocenters. The summed E-state index contributed by atoms with van der Waals surface area (Å²) >= 11 is 0. The average molecular weight is 480 g/mol. The topological polar surface area (TPSA) is 46.3 Å². The maximum absolute atomic E-state index is 13.8. The number of aromatic nitrogens is 3. The third-order valence-electron chi connectivity index (χ3n) is 6.85. The summed E-state index contributed by atoms with van der Waals surface area (Å²) in [6, 6.07) is 22.6. The molecule has 5 rings (SSSR count). The van der Waals surface area contributed by atoms with Crippen molar-refractivity contribution < 1.29 is 4.79 Å². The summed E-state index contributed by atoms with van der Waals surface area (Å²) in [4.78, 5) is 18.1. The molecule has 2 aromatic heterocycles. The van der Waals surface area contributed by atoms with Gasteiger partial charge in [0.2, 0.25) is 0 Å². The van der Waals surface area contributed by atoms with E-state index in [1.165, 1.54) is 11.1 Å². The number of benzene rings is 2. The Morgan fingerprint density at radius 1 is 0.944 bits per heavy atom. The number of nitrogens with zero attached hydrogens (tertiary/aromatic N) is 5. The molecule has 0 bridgehead atoms. The van der Waals surface area contributed by atoms with Crippen molar-refractivity contribution in [1.29, 1.82) is 0 Å². The lowest BCUT2D eigenvalue weighted by Gasteiger charge is -2.34. The van der Waals surface area contributed by atoms with Gasteiger partial charge >= 0.3 is 0 Å². The van der Waals surface area contributed by atoms with Crippen LogP contribution in [0, 0.1) is 13.8 Å². The minimum atomic E-state index is 0.0300. The van der Waals surface area contributed by atoms with E-state index in [1.54, 1.807) is 0 Å². The standard InChI is InChI=1S/C30H33N5O/c1-23-13-14-27(24(2)21-23)35-29(22-26(31-35)28-12-8-15-32(28)3)30(36)34-19-17-33(18-20-34)16-7-11-25-9-5-4-6-10-25/h4-15,21-22H,16-20H2,1-3H3. The van der Waals surface area contributed by atoms with Crippen LogP contribution in [-0.2, 0) is 7.05 Å². The molecule has 1 aliphatic heterocycles. The molecule has 6 heteroatoms. The first kappa shape index (κ1) is 23.8. The fourth-order valence-corrected chi connectivity index (χ4v) is 4.81. The third-order valence-corrected chi connectivity index (χ3v) is 6.85. The largest absolute Gasteiger partial charge is 0.349 e. The van der Waals surface area contributed by atoms with Crippen LogP contribution in [0.5, 0.6) is 0 Å². The summed E-state index contributed by atoms with van der Waals surface area (Å²) in [6.07, 6.45) is 6.36. The van der Waals surface area contributed by atoms with Crippen molar-refractivity contribution in [2.75, 3.05) is 32.7 Å². The Kier molecular flexibility index (Phi) is 6.87. The van der Waals surface area contributed by atoms with Gasteiger partial charge in [-0.15, -0.1) is 0 Å². The lowest BCUT2D eigenvalue weighted by Crippen LogP contribution is -2.49. The number of carbonyl (C=O) groups is 1. The minimum Gasteiger partial charge on any atom is -0.349 e. The van der Waals surface area contributed by atoms with E-state index in [4.69, 9.17) is 5.10 Å². The Hall–Kier alpha value is -3.90. The van der Waals surface area contributed by atoms with E-state index in [9.17, 15) is 4.79 Å². The van der Waals surface area contributed by atoms with Gasteiger partial charge in [-0.05, 0) is 49.2 Å². The molecule has 0 aliphatic carbocycles. The van der Waals surface area contributed by atoms with E-state index in [1.807, 2.05) is 51.7 Å². The summed E-state index contributed by atoms with van der Waals surface area (Å²) < 4.78 is 3.86. The van der Waals surface area contributed by atoms with E-state index in [2.05, 4.69) is 73.4 Å². The maximum Gasteiger partial charge on any atom is 0.272 e. The Morgan fingerprint density at radius 3 is 2.42 bits per heavy atom. The second kappa shape index (κ2) is 10.4. The van der Waals surface area contributed by atoms with Crippen molar-refractivity contribution in [3.05, 3.63) is 101 Å². The van der Waals surface area contributed by atoms with E-state index < -0.39 is 0 Å². The van der Waals surface area contributed by atoms with Gasteiger partial charge in [-0.3, -0.25) is 9.69 Å². The van der Waals surface area contributed by atoms with E-state index in [0.29, 0.717) is 18.8 Å². The van der Waals surface area contributed by atoms with E-state index in [-0.39, 0.29) is 5.91 Å². The van der Waals surface area contributed by atoms with Crippen LogP contribution in [0.3, 0.4) is 0 Å². The number of hydrogen-bond acceptors (Lipinski definition) is 3. The van der Waals surface area contributed by atoms with Crippen molar-refractivity contribution in [1.82, 2.24) is 24.1 Å². The van der Waals surface area contributed by atoms with Crippen molar-refractivity contribution in [2.24, 2.45) is 7.05 Å². The molecule has 6 nitrogen and oxygen atoms in total. The number of hydrogen-bond donors (Lipinski definition) is 0. The molecule has 0 spiro atoms. The number of aryl methyl sites for hydroxylation is 3. The molecule has 1 saturated heterocycles. The molecule has 1 aliphatic rings. The Balaban J connectivity index is 1.34. The molecule has 0 saturated carbocycles. The molecule has 184 valence electrons. The van der Waals surface area contributed by atoms with Crippen molar-refractivity contribution in [3.8, 4) is 17.1 Å². The molecule has 0 radical (unpaired) electrons. The molecule has 1 amide bonds. The summed E-state index contributed by atoms with van der Waals surface area (Å²) in [5.74, 6) is 0.0300. The predicted molar refractivity (Wildman–Crippen MR) is 145 cm³/mol. The SMILES string of the molecule is Cc1ccc(-n2nc(-c3cccn3C)cc2C(=O)N2CCN(CC=Cc3ccccc3)CC2)c(C)c1. The molecule has 3 heterocycles. The molecular weight excluding hydrogens is 446 g/mol. The van der Waals surface area contributed by atoms with Crippen molar-refractivity contribution in [2.45, 2.75) is 13.8 Å². The van der Waals surface area contributed by atoms with Gasteiger partial charge in [0.15, 0.2) is 0 Å². The molecule has 0 N–H and O–H groups in total. The van der Waals surface area contributed by atoms with Crippen LogP contribution < -0.4 is 0 Å². The quantitative estimate of drug-likeness (QED) is 0.392. The van der Waals surface area contributed by atoms with Gasteiger partial charge < -0.3 is 9.47 Å². The van der Waals surface area contributed by atoms with Crippen LogP contribution in [0.4, 0.5) is 0 Å². The van der Waals surface area contributed by atoms with Crippen LogP contribution in [0.15, 0.2) is 79.0 Å². The first-order chi connectivity index (χ1) is 17.5. The van der Waals surface area contributed by atoms with Gasteiger partial charge in [-0.25, -0.2) is 4.68 Å². The van der Waals surface area contributed by atoms with Gasteiger partial charge in [-0.1, -0.05) is 60.2 Å². The second-order valence-corrected chi connectivity index (χ2v) is 9.53. The fourth-order valence-electron chi connectivity index (χ4n) is 4.81. The van der Waals surface area contributed by atoms with Gasteiger partial charge in [0.25, 0.3) is 5.91 Å². The summed E-state index contributed by atoms with van der Waals surface area (Å²) in [5, 5.41) is 4.90. The van der Waals surface area contributed by atoms with Crippen LogP contribution in [0.1, 0.15) is 27.2 Å². The van der Waals surface area contributed by atoms with Crippen LogP contribution >= 0.6 is 0 Å². The third kappa shape index (κ3) is 5.04. The lowest BCUT2D eigenvalue weighted by molar-refractivity contribution is 0.0641. The molecule has 4 aromatic rings. The second-order valence-electron chi connectivity index (χ2n) is 9.53. The first-order valence-electron chi connectivity index (χ1n) is 12.5. The van der Waals surface area contributed by atoms with Crippen LogP contribution in [0.2, 0.25) is 0 Å². The van der Waals surface area contributed by atoms with E-state index in [0.717, 1.165) is 42.3 Å². The molecular formula is C30H33N5O. The number of piperazine rings is 1. The molecule has 1 fully saturated rings. The van der Waals surface area contributed by atoms with Gasteiger partial charge in [-0.2, -0.15) is 5.10 Å². The zero-order valence-corrected chi connectivity index (χ0v) is 21.3. The Labute approximate surface area is 213 Å². The average Bonchev–Trinajstić information content (AvgIpc) is 3.51. The zero-order valence-electron chi connectivity index (χ0n) is 21.3. The summed E-state index contributed by atoms with van der Waals surface area (Å²) in [5.41, 5.74) is 6.83. The summed E-state index contributed by atoms with van der Waals surface area (Å²) in [6.45, 7) is 8.15. The first-order valence-corrected chi connectivity index (χ1v) is 12.5. The van der Waals surface area contributed by atoms with Gasteiger partial charge in [0.1, 0.15) is 11.4 Å². The monoisotopic (exact) mass is 479 g/mol. The Morgan fingerprint density at radius 2 is 1.72 bits per heavy atom. The molecule has 2 aromatic carbocycles. The smallest absolute Gasteiger partial charge is 0.272 e. The zero-order chi connectivity index (χ0) is 25.1. The number of rotatable bonds is 6. The lowest BCUT2D eigenvalue weighted by atomic mass is 10.1. The van der Waals surface area contributed by atoms with Gasteiger partial charge in [0.05, 0.1) is 11.4 Å². The van der Waals surface area contributed by atoms with E-state index >= 15 is 0 Å². The normalized spacial score (nSPS) is 14.6.